The smallest absolute Gasteiger partial charge is 0.0992 e. The van der Waals surface area contributed by atoms with Gasteiger partial charge in [0.2, 0.25) is 0 Å². The van der Waals surface area contributed by atoms with Crippen molar-refractivity contribution < 1.29 is 0 Å². The summed E-state index contributed by atoms with van der Waals surface area (Å²) in [5.74, 6) is 0.929. The average Bonchev–Trinajstić information content (AvgIpc) is 2.61. The molecule has 108 valence electrons. The topological polar surface area (TPSA) is 24.7 Å². The van der Waals surface area contributed by atoms with Crippen LogP contribution in [0.2, 0.25) is 0 Å². The second-order valence-electron chi connectivity index (χ2n) is 4.78. The zero-order valence-electron chi connectivity index (χ0n) is 12.1. The van der Waals surface area contributed by atoms with Crippen molar-refractivity contribution >= 4 is 23.1 Å². The molecular formula is C19H16N2S. The lowest BCUT2D eigenvalue weighted by Gasteiger charge is -2.04. The molecule has 0 bridgehead atoms. The van der Waals surface area contributed by atoms with E-state index in [4.69, 9.17) is 0 Å². The van der Waals surface area contributed by atoms with Gasteiger partial charge < -0.3 is 0 Å². The van der Waals surface area contributed by atoms with E-state index in [1.807, 2.05) is 54.6 Å². The van der Waals surface area contributed by atoms with Crippen LogP contribution in [0.5, 0.6) is 0 Å². The monoisotopic (exact) mass is 304 g/mol. The molecule has 0 aromatic heterocycles. The molecule has 0 fully saturated rings. The molecule has 0 unspecified atom stereocenters. The molecule has 3 rings (SSSR count). The van der Waals surface area contributed by atoms with E-state index in [0.717, 1.165) is 22.0 Å². The summed E-state index contributed by atoms with van der Waals surface area (Å²) in [5, 5.41) is 8.70. The number of rotatable bonds is 5. The number of hydrogen-bond donors (Lipinski definition) is 0. The summed E-state index contributed by atoms with van der Waals surface area (Å²) in [5.41, 5.74) is 3.08. The number of nitrogens with zero attached hydrogens (tertiary/aromatic N) is 2. The van der Waals surface area contributed by atoms with E-state index in [9.17, 15) is 0 Å². The van der Waals surface area contributed by atoms with Gasteiger partial charge in [-0.25, -0.2) is 0 Å². The van der Waals surface area contributed by atoms with Gasteiger partial charge in [0.25, 0.3) is 0 Å². The zero-order valence-corrected chi connectivity index (χ0v) is 12.9. The minimum Gasteiger partial charge on any atom is -0.151 e. The van der Waals surface area contributed by atoms with E-state index in [1.165, 1.54) is 5.56 Å². The molecule has 3 aromatic carbocycles. The van der Waals surface area contributed by atoms with Crippen LogP contribution in [-0.2, 0) is 5.75 Å². The van der Waals surface area contributed by atoms with Gasteiger partial charge in [0.15, 0.2) is 0 Å². The Kier molecular flexibility index (Phi) is 5.00. The molecule has 0 amide bonds. The average molecular weight is 304 g/mol. The van der Waals surface area contributed by atoms with Crippen molar-refractivity contribution in [3.8, 4) is 0 Å². The van der Waals surface area contributed by atoms with E-state index >= 15 is 0 Å². The van der Waals surface area contributed by atoms with E-state index in [2.05, 4.69) is 40.6 Å². The Morgan fingerprint density at radius 3 is 2.05 bits per heavy atom. The van der Waals surface area contributed by atoms with Gasteiger partial charge >= 0.3 is 0 Å². The quantitative estimate of drug-likeness (QED) is 0.395. The van der Waals surface area contributed by atoms with E-state index in [-0.39, 0.29) is 0 Å². The fraction of sp³-hybridized carbons (Fsp3) is 0.0526. The Hall–Kier alpha value is -2.39. The first kappa shape index (κ1) is 14.5. The lowest BCUT2D eigenvalue weighted by atomic mass is 10.2. The van der Waals surface area contributed by atoms with Crippen molar-refractivity contribution in [2.75, 3.05) is 0 Å². The fourth-order valence-electron chi connectivity index (χ4n) is 2.00. The van der Waals surface area contributed by atoms with Crippen molar-refractivity contribution in [2.24, 2.45) is 10.2 Å². The third kappa shape index (κ3) is 4.06. The van der Waals surface area contributed by atoms with Crippen LogP contribution in [0.1, 0.15) is 5.56 Å². The summed E-state index contributed by atoms with van der Waals surface area (Å²) in [4.78, 5) is 1.14. The molecule has 0 saturated heterocycles. The molecule has 0 spiro atoms. The predicted octanol–water partition coefficient (Wildman–Crippen LogP) is 6.39. The maximum atomic E-state index is 4.39. The SMILES string of the molecule is c1ccc(CSc2ccccc2N=Nc2ccccc2)cc1. The maximum Gasteiger partial charge on any atom is 0.0992 e. The van der Waals surface area contributed by atoms with Crippen LogP contribution in [0, 0.1) is 0 Å². The largest absolute Gasteiger partial charge is 0.151 e. The van der Waals surface area contributed by atoms with Gasteiger partial charge in [-0.3, -0.25) is 0 Å². The molecule has 3 aromatic rings. The summed E-state index contributed by atoms with van der Waals surface area (Å²) < 4.78 is 0. The standard InChI is InChI=1S/C19H16N2S/c1-3-9-16(10-4-1)15-22-19-14-8-7-13-18(19)21-20-17-11-5-2-6-12-17/h1-14H,15H2. The Labute approximate surface area is 134 Å². The van der Waals surface area contributed by atoms with Crippen LogP contribution in [-0.4, -0.2) is 0 Å². The van der Waals surface area contributed by atoms with Crippen LogP contribution in [0.4, 0.5) is 11.4 Å². The maximum absolute atomic E-state index is 4.39. The minimum absolute atomic E-state index is 0.866. The van der Waals surface area contributed by atoms with Crippen LogP contribution >= 0.6 is 11.8 Å². The molecule has 0 atom stereocenters. The van der Waals surface area contributed by atoms with Crippen molar-refractivity contribution in [1.82, 2.24) is 0 Å². The third-order valence-electron chi connectivity index (χ3n) is 3.13. The van der Waals surface area contributed by atoms with Gasteiger partial charge in [-0.05, 0) is 29.8 Å². The lowest BCUT2D eigenvalue weighted by molar-refractivity contribution is 1.19. The second kappa shape index (κ2) is 7.57. The Bertz CT molecular complexity index is 740. The van der Waals surface area contributed by atoms with Crippen LogP contribution in [0.3, 0.4) is 0 Å². The van der Waals surface area contributed by atoms with E-state index in [1.54, 1.807) is 11.8 Å². The molecule has 0 aliphatic heterocycles. The minimum atomic E-state index is 0.866. The highest BCUT2D eigenvalue weighted by Gasteiger charge is 2.02. The summed E-state index contributed by atoms with van der Waals surface area (Å²) in [7, 11) is 0. The van der Waals surface area contributed by atoms with Gasteiger partial charge in [0, 0.05) is 10.6 Å². The Morgan fingerprint density at radius 1 is 0.636 bits per heavy atom. The zero-order chi connectivity index (χ0) is 15.0. The van der Waals surface area contributed by atoms with Crippen LogP contribution in [0.25, 0.3) is 0 Å². The molecule has 0 N–H and O–H groups in total. The summed E-state index contributed by atoms with van der Waals surface area (Å²) in [6.07, 6.45) is 0. The summed E-state index contributed by atoms with van der Waals surface area (Å²) in [6, 6.07) is 28.4. The normalized spacial score (nSPS) is 10.9. The number of thioether (sulfide) groups is 1. The van der Waals surface area contributed by atoms with Crippen molar-refractivity contribution in [2.45, 2.75) is 10.6 Å². The van der Waals surface area contributed by atoms with Crippen LogP contribution in [0.15, 0.2) is 100 Å². The first-order valence-electron chi connectivity index (χ1n) is 7.14. The molecule has 3 heteroatoms. The van der Waals surface area contributed by atoms with Gasteiger partial charge in [-0.2, -0.15) is 5.11 Å². The lowest BCUT2D eigenvalue weighted by Crippen LogP contribution is -1.79. The van der Waals surface area contributed by atoms with Crippen LogP contribution < -0.4 is 0 Å². The molecular weight excluding hydrogens is 288 g/mol. The molecule has 0 saturated carbocycles. The molecule has 0 aliphatic carbocycles. The number of azo groups is 1. The molecule has 0 radical (unpaired) electrons. The first-order valence-corrected chi connectivity index (χ1v) is 8.13. The highest BCUT2D eigenvalue weighted by Crippen LogP contribution is 2.32. The molecule has 22 heavy (non-hydrogen) atoms. The predicted molar refractivity (Wildman–Crippen MR) is 93.1 cm³/mol. The van der Waals surface area contributed by atoms with Crippen molar-refractivity contribution in [3.63, 3.8) is 0 Å². The summed E-state index contributed by atoms with van der Waals surface area (Å²) >= 11 is 1.78. The van der Waals surface area contributed by atoms with E-state index < -0.39 is 0 Å². The van der Waals surface area contributed by atoms with Gasteiger partial charge in [-0.15, -0.1) is 16.9 Å². The Morgan fingerprint density at radius 2 is 1.27 bits per heavy atom. The first-order chi connectivity index (χ1) is 10.9. The molecule has 2 nitrogen and oxygen atoms in total. The van der Waals surface area contributed by atoms with Gasteiger partial charge in [0.1, 0.15) is 0 Å². The van der Waals surface area contributed by atoms with Gasteiger partial charge in [-0.1, -0.05) is 60.7 Å². The third-order valence-corrected chi connectivity index (χ3v) is 4.27. The fourth-order valence-corrected chi connectivity index (χ4v) is 2.95. The molecule has 0 heterocycles. The highest BCUT2D eigenvalue weighted by molar-refractivity contribution is 7.98. The Balaban J connectivity index is 1.74. The van der Waals surface area contributed by atoms with Crippen molar-refractivity contribution in [3.05, 3.63) is 90.5 Å². The number of benzene rings is 3. The number of hydrogen-bond acceptors (Lipinski definition) is 3. The van der Waals surface area contributed by atoms with Crippen molar-refractivity contribution in [1.29, 1.82) is 0 Å². The summed E-state index contributed by atoms with van der Waals surface area (Å²) in [6.45, 7) is 0. The molecule has 0 aliphatic rings. The van der Waals surface area contributed by atoms with Gasteiger partial charge in [0.05, 0.1) is 11.4 Å². The highest BCUT2D eigenvalue weighted by atomic mass is 32.2. The van der Waals surface area contributed by atoms with E-state index in [0.29, 0.717) is 0 Å². The second-order valence-corrected chi connectivity index (χ2v) is 5.79.